The van der Waals surface area contributed by atoms with Crippen LogP contribution in [0.3, 0.4) is 0 Å². The predicted molar refractivity (Wildman–Crippen MR) is 86.3 cm³/mol. The molecule has 1 aromatic rings. The zero-order valence-electron chi connectivity index (χ0n) is 13.0. The quantitative estimate of drug-likeness (QED) is 0.590. The Balaban J connectivity index is 1.84. The number of hydrogen-bond acceptors (Lipinski definition) is 3. The largest absolute Gasteiger partial charge is 0.487 e. The van der Waals surface area contributed by atoms with Crippen LogP contribution in [0.25, 0.3) is 0 Å². The molecule has 0 N–H and O–H groups in total. The van der Waals surface area contributed by atoms with Crippen molar-refractivity contribution in [1.82, 2.24) is 4.90 Å². The van der Waals surface area contributed by atoms with Gasteiger partial charge in [0.1, 0.15) is 11.9 Å². The summed E-state index contributed by atoms with van der Waals surface area (Å²) in [6.45, 7) is 3.38. The molecule has 2 aliphatic carbocycles. The molecule has 114 valence electrons. The molecule has 3 nitrogen and oxygen atoms in total. The number of likely N-dealkylation sites (N-methyl/N-ethyl adjacent to an activating group) is 1. The second-order valence-electron chi connectivity index (χ2n) is 7.39. The summed E-state index contributed by atoms with van der Waals surface area (Å²) in [5.41, 5.74) is 2.92. The van der Waals surface area contributed by atoms with E-state index in [1.54, 1.807) is 0 Å². The maximum atomic E-state index is 11.6. The van der Waals surface area contributed by atoms with E-state index in [1.807, 2.05) is 6.07 Å². The summed E-state index contributed by atoms with van der Waals surface area (Å²) in [5.74, 6) is 1.87. The highest BCUT2D eigenvalue weighted by molar-refractivity contribution is 7.34. The first-order valence-corrected chi connectivity index (χ1v) is 9.03. The van der Waals surface area contributed by atoms with Gasteiger partial charge in [0.15, 0.2) is 8.46 Å². The number of nitrogens with zero attached hydrogens (tertiary/aromatic N) is 1. The molecule has 4 aliphatic rings. The van der Waals surface area contributed by atoms with Crippen molar-refractivity contribution in [3.05, 3.63) is 35.4 Å². The summed E-state index contributed by atoms with van der Waals surface area (Å²) in [6, 6.07) is 4.75. The number of benzene rings is 1. The first kappa shape index (κ1) is 13.3. The van der Waals surface area contributed by atoms with Crippen molar-refractivity contribution >= 4 is 13.8 Å². The average molecular weight is 313 g/mol. The van der Waals surface area contributed by atoms with Crippen molar-refractivity contribution in [3.8, 4) is 5.75 Å². The Morgan fingerprint density at radius 1 is 1.36 bits per heavy atom. The fraction of sp³-hybridized carbons (Fsp3) is 0.556. The second kappa shape index (κ2) is 4.21. The van der Waals surface area contributed by atoms with Gasteiger partial charge in [-0.2, -0.15) is 0 Å². The molecule has 2 aliphatic heterocycles. The smallest absolute Gasteiger partial charge is 0.196 e. The van der Waals surface area contributed by atoms with Crippen LogP contribution in [0.5, 0.6) is 5.75 Å². The Morgan fingerprint density at radius 3 is 3.05 bits per heavy atom. The third kappa shape index (κ3) is 1.34. The summed E-state index contributed by atoms with van der Waals surface area (Å²) < 4.78 is 18.1. The van der Waals surface area contributed by atoms with E-state index in [-0.39, 0.29) is 20.0 Å². The number of hydrogen-bond donors (Lipinski definition) is 0. The molecule has 0 aromatic heterocycles. The maximum Gasteiger partial charge on any atom is 0.196 e. The molecule has 1 aromatic carbocycles. The minimum Gasteiger partial charge on any atom is -0.487 e. The van der Waals surface area contributed by atoms with Gasteiger partial charge >= 0.3 is 0 Å². The molecular formula is C18H20NO2P. The van der Waals surface area contributed by atoms with E-state index in [1.165, 1.54) is 11.1 Å². The molecule has 0 saturated carbocycles. The highest BCUT2D eigenvalue weighted by Gasteiger charge is 2.63. The van der Waals surface area contributed by atoms with E-state index >= 15 is 0 Å². The topological polar surface area (TPSA) is 29.5 Å². The van der Waals surface area contributed by atoms with Crippen molar-refractivity contribution in [2.45, 2.75) is 37.3 Å². The Hall–Kier alpha value is -1.18. The van der Waals surface area contributed by atoms with Crippen LogP contribution in [-0.2, 0) is 16.4 Å². The molecule has 1 saturated heterocycles. The molecule has 5 atom stereocenters. The number of ether oxygens (including phenoxy) is 1. The molecule has 2 heterocycles. The van der Waals surface area contributed by atoms with E-state index in [2.05, 4.69) is 37.1 Å². The normalized spacial score (nSPS) is 41.4. The standard InChI is InChI=1S/C18H20NO2P/c1-10-3-5-12-13-9-11-4-6-14(22-20)16-15(11)18(12,17(10)21-16)7-8-19(13)2/h3-6,10,12-13,17H,7-9H2,1-2H3/t10-,12+,13-,17?,18+/m1/s1. The second-order valence-corrected chi connectivity index (χ2v) is 8.05. The highest BCUT2D eigenvalue weighted by Crippen LogP contribution is 2.61. The van der Waals surface area contributed by atoms with Crippen LogP contribution in [0.15, 0.2) is 24.3 Å². The van der Waals surface area contributed by atoms with Crippen LogP contribution < -0.4 is 10.0 Å². The molecular weight excluding hydrogens is 293 g/mol. The van der Waals surface area contributed by atoms with Gasteiger partial charge in [-0.1, -0.05) is 25.1 Å². The van der Waals surface area contributed by atoms with E-state index in [9.17, 15) is 4.57 Å². The number of rotatable bonds is 1. The minimum atomic E-state index is 0.0730. The van der Waals surface area contributed by atoms with Gasteiger partial charge in [0.25, 0.3) is 0 Å². The van der Waals surface area contributed by atoms with Crippen LogP contribution >= 0.6 is 8.46 Å². The zero-order chi connectivity index (χ0) is 15.1. The molecule has 0 radical (unpaired) electrons. The number of likely N-dealkylation sites (tertiary alicyclic amines) is 1. The summed E-state index contributed by atoms with van der Waals surface area (Å²) in [7, 11) is 2.33. The lowest BCUT2D eigenvalue weighted by Gasteiger charge is -2.56. The van der Waals surface area contributed by atoms with Crippen LogP contribution in [0.4, 0.5) is 0 Å². The fourth-order valence-corrected chi connectivity index (χ4v) is 5.96. The predicted octanol–water partition coefficient (Wildman–Crippen LogP) is 2.68. The van der Waals surface area contributed by atoms with Crippen molar-refractivity contribution in [3.63, 3.8) is 0 Å². The molecule has 1 unspecified atom stereocenters. The van der Waals surface area contributed by atoms with Crippen molar-refractivity contribution in [1.29, 1.82) is 0 Å². The molecule has 1 spiro atoms. The van der Waals surface area contributed by atoms with E-state index in [0.29, 0.717) is 17.9 Å². The highest BCUT2D eigenvalue weighted by atomic mass is 31.1. The Bertz CT molecular complexity index is 715. The SMILES string of the molecule is C[C@@H]1C=C[C@H]2[C@H]3Cc4ccc(P=O)c5c4[C@@]2(CCN3C)C1O5. The van der Waals surface area contributed by atoms with Gasteiger partial charge in [-0.25, -0.2) is 0 Å². The minimum absolute atomic E-state index is 0.0730. The number of piperidine rings is 1. The first-order valence-electron chi connectivity index (χ1n) is 8.22. The summed E-state index contributed by atoms with van der Waals surface area (Å²) in [4.78, 5) is 2.52. The third-order valence-electron chi connectivity index (χ3n) is 6.52. The average Bonchev–Trinajstić information content (AvgIpc) is 2.88. The van der Waals surface area contributed by atoms with Crippen LogP contribution in [0, 0.1) is 11.8 Å². The maximum absolute atomic E-state index is 11.6. The molecule has 0 amide bonds. The van der Waals surface area contributed by atoms with E-state index < -0.39 is 0 Å². The monoisotopic (exact) mass is 313 g/mol. The van der Waals surface area contributed by atoms with Gasteiger partial charge in [-0.3, -0.25) is 4.57 Å². The summed E-state index contributed by atoms with van der Waals surface area (Å²) in [6.07, 6.45) is 7.21. The molecule has 4 heteroatoms. The lowest BCUT2D eigenvalue weighted by Crippen LogP contribution is -2.63. The Morgan fingerprint density at radius 2 is 2.23 bits per heavy atom. The van der Waals surface area contributed by atoms with Gasteiger partial charge in [-0.05, 0) is 38.1 Å². The summed E-state index contributed by atoms with van der Waals surface area (Å²) in [5, 5.41) is 0.825. The van der Waals surface area contributed by atoms with Crippen LogP contribution in [0.1, 0.15) is 24.5 Å². The van der Waals surface area contributed by atoms with Crippen LogP contribution in [-0.4, -0.2) is 30.6 Å². The fourth-order valence-electron chi connectivity index (χ4n) is 5.57. The Labute approximate surface area is 132 Å². The van der Waals surface area contributed by atoms with Crippen molar-refractivity contribution in [2.75, 3.05) is 13.6 Å². The van der Waals surface area contributed by atoms with Gasteiger partial charge in [0.05, 0.1) is 5.30 Å². The van der Waals surface area contributed by atoms with Crippen molar-refractivity contribution in [2.24, 2.45) is 11.8 Å². The van der Waals surface area contributed by atoms with Crippen LogP contribution in [0.2, 0.25) is 0 Å². The van der Waals surface area contributed by atoms with Gasteiger partial charge in [0, 0.05) is 28.9 Å². The Kier molecular flexibility index (Phi) is 2.54. The van der Waals surface area contributed by atoms with E-state index in [0.717, 1.165) is 30.4 Å². The molecule has 22 heavy (non-hydrogen) atoms. The van der Waals surface area contributed by atoms with Crippen molar-refractivity contribution < 1.29 is 9.30 Å². The van der Waals surface area contributed by atoms with Gasteiger partial charge < -0.3 is 9.64 Å². The molecule has 1 fully saturated rings. The third-order valence-corrected chi connectivity index (χ3v) is 7.07. The molecule has 5 rings (SSSR count). The van der Waals surface area contributed by atoms with Gasteiger partial charge in [0.2, 0.25) is 0 Å². The van der Waals surface area contributed by atoms with E-state index in [4.69, 9.17) is 4.74 Å². The lowest BCUT2D eigenvalue weighted by molar-refractivity contribution is -0.0139. The van der Waals surface area contributed by atoms with Gasteiger partial charge in [-0.15, -0.1) is 0 Å². The molecule has 2 bridgehead atoms. The zero-order valence-corrected chi connectivity index (χ0v) is 13.8. The first-order chi connectivity index (χ1) is 10.7. The summed E-state index contributed by atoms with van der Waals surface area (Å²) >= 11 is 0. The lowest BCUT2D eigenvalue weighted by atomic mass is 9.52.